The van der Waals surface area contributed by atoms with Crippen molar-refractivity contribution in [3.63, 3.8) is 0 Å². The fourth-order valence-corrected chi connectivity index (χ4v) is 3.82. The molecule has 1 aliphatic rings. The van der Waals surface area contributed by atoms with E-state index in [1.165, 1.54) is 0 Å². The van der Waals surface area contributed by atoms with Gasteiger partial charge in [0.1, 0.15) is 0 Å². The van der Waals surface area contributed by atoms with Gasteiger partial charge >= 0.3 is 0 Å². The average Bonchev–Trinajstić information content (AvgIpc) is 2.61. The van der Waals surface area contributed by atoms with Gasteiger partial charge in [-0.05, 0) is 40.9 Å². The van der Waals surface area contributed by atoms with Gasteiger partial charge in [0.25, 0.3) is 0 Å². The fraction of sp³-hybridized carbons (Fsp3) is 0.500. The van der Waals surface area contributed by atoms with E-state index in [0.29, 0.717) is 17.4 Å². The van der Waals surface area contributed by atoms with Crippen LogP contribution in [0.5, 0.6) is 0 Å². The molecule has 3 nitrogen and oxygen atoms in total. The lowest BCUT2D eigenvalue weighted by Gasteiger charge is -2.20. The smallest absolute Gasteiger partial charge is 0.152 e. The number of aldehydes is 1. The molecule has 1 saturated carbocycles. The molecule has 0 amide bonds. The molecular formula is C14H17BBr2N2O. The molecule has 0 heterocycles. The van der Waals surface area contributed by atoms with E-state index in [4.69, 9.17) is 7.85 Å². The number of hydrazine groups is 1. The standard InChI is InChI=1S/C14H17BBr2N2O/c15-10-2-1-3-12(5-4-10)18-19-14-9(8-20)6-11(16)7-13(14)17/h6-8,10,12,18-19H,1-5H2/t10?,12-/m0/s1. The van der Waals surface area contributed by atoms with Gasteiger partial charge in [-0.15, -0.1) is 0 Å². The molecule has 2 N–H and O–H groups in total. The summed E-state index contributed by atoms with van der Waals surface area (Å²) in [4.78, 5) is 11.2. The second-order valence-electron chi connectivity index (χ2n) is 5.20. The molecule has 0 aliphatic heterocycles. The molecule has 2 radical (unpaired) electrons. The Morgan fingerprint density at radius 3 is 2.75 bits per heavy atom. The highest BCUT2D eigenvalue weighted by Crippen LogP contribution is 2.30. The summed E-state index contributed by atoms with van der Waals surface area (Å²) in [7, 11) is 5.98. The number of carbonyl (C=O) groups excluding carboxylic acids is 1. The molecule has 2 rings (SSSR count). The molecule has 2 atom stereocenters. The number of hydrogen-bond donors (Lipinski definition) is 2. The summed E-state index contributed by atoms with van der Waals surface area (Å²) in [6, 6.07) is 4.10. The maximum atomic E-state index is 11.2. The van der Waals surface area contributed by atoms with Crippen LogP contribution in [-0.2, 0) is 0 Å². The predicted molar refractivity (Wildman–Crippen MR) is 90.4 cm³/mol. The van der Waals surface area contributed by atoms with Crippen LogP contribution >= 0.6 is 31.9 Å². The topological polar surface area (TPSA) is 41.1 Å². The third kappa shape index (κ3) is 4.33. The Labute approximate surface area is 137 Å². The third-order valence-corrected chi connectivity index (χ3v) is 4.71. The quantitative estimate of drug-likeness (QED) is 0.344. The molecular weight excluding hydrogens is 383 g/mol. The van der Waals surface area contributed by atoms with Crippen molar-refractivity contribution in [2.45, 2.75) is 44.0 Å². The number of anilines is 1. The second-order valence-corrected chi connectivity index (χ2v) is 6.97. The molecule has 0 saturated heterocycles. The van der Waals surface area contributed by atoms with Gasteiger partial charge in [0.05, 0.1) is 13.5 Å². The van der Waals surface area contributed by atoms with Gasteiger partial charge in [0.15, 0.2) is 6.29 Å². The molecule has 0 aromatic heterocycles. The van der Waals surface area contributed by atoms with Crippen molar-refractivity contribution in [3.05, 3.63) is 26.6 Å². The Morgan fingerprint density at radius 1 is 1.20 bits per heavy atom. The van der Waals surface area contributed by atoms with Crippen molar-refractivity contribution < 1.29 is 4.79 Å². The lowest BCUT2D eigenvalue weighted by atomic mass is 9.81. The fourth-order valence-electron chi connectivity index (χ4n) is 2.47. The van der Waals surface area contributed by atoms with Crippen LogP contribution in [0.15, 0.2) is 21.1 Å². The molecule has 20 heavy (non-hydrogen) atoms. The first-order valence-electron chi connectivity index (χ1n) is 6.81. The first-order chi connectivity index (χ1) is 9.60. The first-order valence-corrected chi connectivity index (χ1v) is 8.40. The summed E-state index contributed by atoms with van der Waals surface area (Å²) in [5.74, 6) is 0.326. The van der Waals surface area contributed by atoms with Crippen LogP contribution in [0.3, 0.4) is 0 Å². The predicted octanol–water partition coefficient (Wildman–Crippen LogP) is 4.23. The van der Waals surface area contributed by atoms with Crippen LogP contribution < -0.4 is 10.9 Å². The van der Waals surface area contributed by atoms with E-state index in [1.807, 2.05) is 6.07 Å². The molecule has 106 valence electrons. The minimum Gasteiger partial charge on any atom is -0.319 e. The van der Waals surface area contributed by atoms with Crippen LogP contribution in [0.1, 0.15) is 42.5 Å². The van der Waals surface area contributed by atoms with Gasteiger partial charge in [0.2, 0.25) is 0 Å². The number of carbonyl (C=O) groups is 1. The molecule has 0 spiro atoms. The first kappa shape index (κ1) is 16.1. The van der Waals surface area contributed by atoms with E-state index in [0.717, 1.165) is 53.0 Å². The number of halogens is 2. The van der Waals surface area contributed by atoms with Gasteiger partial charge in [-0.2, -0.15) is 0 Å². The van der Waals surface area contributed by atoms with Gasteiger partial charge in [-0.1, -0.05) is 41.0 Å². The zero-order valence-electron chi connectivity index (χ0n) is 11.2. The molecule has 1 aliphatic carbocycles. The van der Waals surface area contributed by atoms with E-state index in [1.54, 1.807) is 6.07 Å². The molecule has 1 unspecified atom stereocenters. The Kier molecular flexibility index (Phi) is 6.11. The average molecular weight is 400 g/mol. The van der Waals surface area contributed by atoms with E-state index in [-0.39, 0.29) is 0 Å². The van der Waals surface area contributed by atoms with Gasteiger partial charge in [-0.25, -0.2) is 5.43 Å². The Balaban J connectivity index is 2.01. The minimum atomic E-state index is 0.326. The summed E-state index contributed by atoms with van der Waals surface area (Å²) in [6.07, 6.45) is 6.29. The van der Waals surface area contributed by atoms with Crippen LogP contribution in [0.4, 0.5) is 5.69 Å². The van der Waals surface area contributed by atoms with Crippen molar-refractivity contribution >= 4 is 51.7 Å². The zero-order chi connectivity index (χ0) is 14.5. The molecule has 0 bridgehead atoms. The minimum absolute atomic E-state index is 0.326. The number of nitrogens with one attached hydrogen (secondary N) is 2. The lowest BCUT2D eigenvalue weighted by Crippen LogP contribution is -2.34. The highest BCUT2D eigenvalue weighted by atomic mass is 79.9. The Hall–Kier alpha value is -0.325. The van der Waals surface area contributed by atoms with Crippen molar-refractivity contribution in [2.24, 2.45) is 0 Å². The van der Waals surface area contributed by atoms with Crippen LogP contribution in [0.2, 0.25) is 5.82 Å². The van der Waals surface area contributed by atoms with Gasteiger partial charge < -0.3 is 5.43 Å². The van der Waals surface area contributed by atoms with Crippen molar-refractivity contribution in [1.29, 1.82) is 0 Å². The normalized spacial score (nSPS) is 23.1. The highest BCUT2D eigenvalue weighted by molar-refractivity contribution is 9.11. The largest absolute Gasteiger partial charge is 0.319 e. The molecule has 6 heteroatoms. The lowest BCUT2D eigenvalue weighted by molar-refractivity contribution is 0.112. The maximum Gasteiger partial charge on any atom is 0.152 e. The molecule has 1 aromatic carbocycles. The second kappa shape index (κ2) is 7.62. The van der Waals surface area contributed by atoms with Gasteiger partial charge in [-0.3, -0.25) is 4.79 Å². The number of benzene rings is 1. The van der Waals surface area contributed by atoms with E-state index >= 15 is 0 Å². The molecule has 1 aromatic rings. The van der Waals surface area contributed by atoms with Gasteiger partial charge in [0, 0.05) is 20.6 Å². The summed E-state index contributed by atoms with van der Waals surface area (Å²) < 4.78 is 1.73. The highest BCUT2D eigenvalue weighted by Gasteiger charge is 2.16. The third-order valence-electron chi connectivity index (χ3n) is 3.63. The van der Waals surface area contributed by atoms with Crippen molar-refractivity contribution in [1.82, 2.24) is 5.43 Å². The van der Waals surface area contributed by atoms with Crippen LogP contribution in [-0.4, -0.2) is 20.2 Å². The number of rotatable bonds is 4. The van der Waals surface area contributed by atoms with E-state index in [9.17, 15) is 4.79 Å². The monoisotopic (exact) mass is 398 g/mol. The van der Waals surface area contributed by atoms with E-state index < -0.39 is 0 Å². The summed E-state index contributed by atoms with van der Waals surface area (Å²) in [5, 5.41) is 0. The Morgan fingerprint density at radius 2 is 2.00 bits per heavy atom. The van der Waals surface area contributed by atoms with Crippen LogP contribution in [0.25, 0.3) is 0 Å². The molecule has 1 fully saturated rings. The van der Waals surface area contributed by atoms with Crippen molar-refractivity contribution in [2.75, 3.05) is 5.43 Å². The van der Waals surface area contributed by atoms with Crippen LogP contribution in [0, 0.1) is 0 Å². The van der Waals surface area contributed by atoms with Crippen molar-refractivity contribution in [3.8, 4) is 0 Å². The summed E-state index contributed by atoms with van der Waals surface area (Å²) >= 11 is 6.86. The maximum absolute atomic E-state index is 11.2. The van der Waals surface area contributed by atoms with E-state index in [2.05, 4.69) is 42.7 Å². The Bertz CT molecular complexity index is 484. The number of hydrogen-bond acceptors (Lipinski definition) is 3. The summed E-state index contributed by atoms with van der Waals surface area (Å²) in [5.41, 5.74) is 7.90. The zero-order valence-corrected chi connectivity index (χ0v) is 14.3. The SMILES string of the molecule is [B]C1CCC[C@H](NNc2c(Br)cc(Br)cc2C=O)CC1. The summed E-state index contributed by atoms with van der Waals surface area (Å²) in [6.45, 7) is 0.